The van der Waals surface area contributed by atoms with Crippen LogP contribution in [-0.4, -0.2) is 17.0 Å². The van der Waals surface area contributed by atoms with Crippen molar-refractivity contribution < 1.29 is 14.5 Å². The van der Waals surface area contributed by atoms with Crippen molar-refractivity contribution in [3.05, 3.63) is 69.8 Å². The van der Waals surface area contributed by atoms with E-state index in [2.05, 4.69) is 10.5 Å². The highest BCUT2D eigenvalue weighted by Crippen LogP contribution is 2.18. The lowest BCUT2D eigenvalue weighted by Crippen LogP contribution is -2.16. The number of non-ortho nitro benzene ring substituents is 1. The molecule has 2 aromatic carbocycles. The van der Waals surface area contributed by atoms with Crippen LogP contribution in [0.4, 0.5) is 5.69 Å². The molecule has 2 aromatic rings. The van der Waals surface area contributed by atoms with E-state index in [4.69, 9.17) is 10.00 Å². The zero-order chi connectivity index (χ0) is 18.1. The third-order valence-electron chi connectivity index (χ3n) is 3.09. The lowest BCUT2D eigenvalue weighted by molar-refractivity contribution is -0.384. The van der Waals surface area contributed by atoms with Gasteiger partial charge < -0.3 is 4.74 Å². The van der Waals surface area contributed by atoms with Crippen LogP contribution in [0.1, 0.15) is 17.5 Å². The summed E-state index contributed by atoms with van der Waals surface area (Å²) in [5, 5.41) is 22.8. The summed E-state index contributed by atoms with van der Waals surface area (Å²) in [7, 11) is 0. The van der Waals surface area contributed by atoms with Crippen molar-refractivity contribution in [3.63, 3.8) is 0 Å². The molecule has 0 unspecified atom stereocenters. The SMILES string of the molecule is N#CCC(=O)N/N=C\c1ccccc1OCc1ccc([N+](=O)[O-])cc1. The van der Waals surface area contributed by atoms with Gasteiger partial charge in [-0.25, -0.2) is 5.43 Å². The third kappa shape index (κ3) is 5.44. The van der Waals surface area contributed by atoms with Crippen LogP contribution >= 0.6 is 0 Å². The summed E-state index contributed by atoms with van der Waals surface area (Å²) in [5.41, 5.74) is 3.67. The van der Waals surface area contributed by atoms with Crippen LogP contribution in [0.2, 0.25) is 0 Å². The first-order valence-corrected chi connectivity index (χ1v) is 7.24. The Hall–Kier alpha value is -3.73. The molecule has 0 spiro atoms. The van der Waals surface area contributed by atoms with Crippen LogP contribution in [0.3, 0.4) is 0 Å². The van der Waals surface area contributed by atoms with Gasteiger partial charge in [-0.05, 0) is 29.8 Å². The maximum absolute atomic E-state index is 11.2. The molecule has 0 heterocycles. The van der Waals surface area contributed by atoms with Gasteiger partial charge in [-0.15, -0.1) is 0 Å². The minimum atomic E-state index is -0.497. The maximum atomic E-state index is 11.2. The molecule has 25 heavy (non-hydrogen) atoms. The fourth-order valence-electron chi connectivity index (χ4n) is 1.88. The molecule has 0 fully saturated rings. The number of hydrazone groups is 1. The van der Waals surface area contributed by atoms with E-state index in [0.29, 0.717) is 11.3 Å². The molecular weight excluding hydrogens is 324 g/mol. The summed E-state index contributed by atoms with van der Waals surface area (Å²) in [6, 6.07) is 14.9. The Labute approximate surface area is 143 Å². The van der Waals surface area contributed by atoms with Gasteiger partial charge in [-0.3, -0.25) is 14.9 Å². The summed E-state index contributed by atoms with van der Waals surface area (Å²) in [6.45, 7) is 0.226. The van der Waals surface area contributed by atoms with Crippen molar-refractivity contribution in [3.8, 4) is 11.8 Å². The van der Waals surface area contributed by atoms with Gasteiger partial charge in [-0.1, -0.05) is 12.1 Å². The van der Waals surface area contributed by atoms with E-state index in [9.17, 15) is 14.9 Å². The second-order valence-electron chi connectivity index (χ2n) is 4.88. The number of nitro benzene ring substituents is 1. The van der Waals surface area contributed by atoms with Gasteiger partial charge >= 0.3 is 0 Å². The van der Waals surface area contributed by atoms with Crippen LogP contribution in [0.15, 0.2) is 53.6 Å². The molecule has 0 atom stereocenters. The Bertz CT molecular complexity index is 825. The summed E-state index contributed by atoms with van der Waals surface area (Å²) in [6.07, 6.45) is 1.15. The molecule has 0 aliphatic carbocycles. The quantitative estimate of drug-likeness (QED) is 0.473. The molecule has 0 aromatic heterocycles. The number of nitriles is 1. The van der Waals surface area contributed by atoms with Gasteiger partial charge in [0.05, 0.1) is 17.2 Å². The molecule has 1 N–H and O–H groups in total. The number of para-hydroxylation sites is 1. The molecule has 0 bridgehead atoms. The van der Waals surface area contributed by atoms with E-state index in [1.807, 2.05) is 0 Å². The summed E-state index contributed by atoms with van der Waals surface area (Å²) in [4.78, 5) is 21.4. The summed E-state index contributed by atoms with van der Waals surface area (Å²) >= 11 is 0. The van der Waals surface area contributed by atoms with Gasteiger partial charge in [-0.2, -0.15) is 10.4 Å². The zero-order valence-electron chi connectivity index (χ0n) is 13.1. The van der Waals surface area contributed by atoms with Crippen molar-refractivity contribution in [1.29, 1.82) is 5.26 Å². The van der Waals surface area contributed by atoms with E-state index < -0.39 is 10.8 Å². The Balaban J connectivity index is 2.00. The van der Waals surface area contributed by atoms with Gasteiger partial charge in [0.15, 0.2) is 0 Å². The van der Waals surface area contributed by atoms with E-state index in [1.165, 1.54) is 18.3 Å². The number of benzene rings is 2. The number of rotatable bonds is 7. The topological polar surface area (TPSA) is 118 Å². The smallest absolute Gasteiger partial charge is 0.269 e. The molecule has 8 heteroatoms. The molecule has 0 saturated carbocycles. The fraction of sp³-hybridized carbons (Fsp3) is 0.118. The predicted molar refractivity (Wildman–Crippen MR) is 89.8 cm³/mol. The first-order valence-electron chi connectivity index (χ1n) is 7.24. The standard InChI is InChI=1S/C17H14N4O4/c18-10-9-17(22)20-19-11-14-3-1-2-4-16(14)25-12-13-5-7-15(8-6-13)21(23)24/h1-8,11H,9,12H2,(H,20,22)/b19-11-. The highest BCUT2D eigenvalue weighted by Gasteiger charge is 2.06. The molecule has 2 rings (SSSR count). The Morgan fingerprint density at radius 2 is 2.00 bits per heavy atom. The van der Waals surface area contributed by atoms with Gasteiger partial charge in [0.1, 0.15) is 18.8 Å². The molecule has 0 saturated heterocycles. The second-order valence-corrected chi connectivity index (χ2v) is 4.88. The number of nitrogens with one attached hydrogen (secondary N) is 1. The summed E-state index contributed by atoms with van der Waals surface area (Å²) < 4.78 is 5.70. The van der Waals surface area contributed by atoms with Crippen LogP contribution in [0.5, 0.6) is 5.75 Å². The zero-order valence-corrected chi connectivity index (χ0v) is 13.1. The van der Waals surface area contributed by atoms with Crippen molar-refractivity contribution in [1.82, 2.24) is 5.43 Å². The Morgan fingerprint density at radius 1 is 1.28 bits per heavy atom. The number of ether oxygens (including phenoxy) is 1. The summed E-state index contributed by atoms with van der Waals surface area (Å²) in [5.74, 6) is 0.0437. The molecule has 0 aliphatic rings. The van der Waals surface area contributed by atoms with Crippen LogP contribution in [0.25, 0.3) is 0 Å². The van der Waals surface area contributed by atoms with E-state index in [-0.39, 0.29) is 18.7 Å². The molecular formula is C17H14N4O4. The van der Waals surface area contributed by atoms with Crippen molar-refractivity contribution in [2.75, 3.05) is 0 Å². The second kappa shape index (κ2) is 8.79. The van der Waals surface area contributed by atoms with Crippen LogP contribution in [-0.2, 0) is 11.4 Å². The normalized spacial score (nSPS) is 10.2. The first-order chi connectivity index (χ1) is 12.1. The number of carbonyl (C=O) groups is 1. The van der Waals surface area contributed by atoms with Crippen LogP contribution in [0, 0.1) is 21.4 Å². The molecule has 8 nitrogen and oxygen atoms in total. The predicted octanol–water partition coefficient (Wildman–Crippen LogP) is 2.54. The monoisotopic (exact) mass is 338 g/mol. The number of hydrogen-bond acceptors (Lipinski definition) is 6. The number of nitro groups is 1. The lowest BCUT2D eigenvalue weighted by atomic mass is 10.2. The minimum absolute atomic E-state index is 0.0180. The Morgan fingerprint density at radius 3 is 2.68 bits per heavy atom. The Kier molecular flexibility index (Phi) is 6.19. The van der Waals surface area contributed by atoms with Gasteiger partial charge in [0.25, 0.3) is 11.6 Å². The molecule has 1 amide bonds. The van der Waals surface area contributed by atoms with Crippen molar-refractivity contribution >= 4 is 17.8 Å². The largest absolute Gasteiger partial charge is 0.488 e. The number of carbonyl (C=O) groups excluding carboxylic acids is 1. The average molecular weight is 338 g/mol. The average Bonchev–Trinajstić information content (AvgIpc) is 2.61. The highest BCUT2D eigenvalue weighted by molar-refractivity contribution is 5.85. The third-order valence-corrected chi connectivity index (χ3v) is 3.09. The van der Waals surface area contributed by atoms with Crippen molar-refractivity contribution in [2.24, 2.45) is 5.10 Å². The maximum Gasteiger partial charge on any atom is 0.269 e. The lowest BCUT2D eigenvalue weighted by Gasteiger charge is -2.09. The van der Waals surface area contributed by atoms with Gasteiger partial charge in [0, 0.05) is 17.7 Å². The van der Waals surface area contributed by atoms with Gasteiger partial charge in [0.2, 0.25) is 0 Å². The van der Waals surface area contributed by atoms with E-state index in [0.717, 1.165) is 5.56 Å². The number of amides is 1. The van der Waals surface area contributed by atoms with Crippen LogP contribution < -0.4 is 10.2 Å². The fourth-order valence-corrected chi connectivity index (χ4v) is 1.88. The number of hydrogen-bond donors (Lipinski definition) is 1. The molecule has 0 aliphatic heterocycles. The number of nitrogens with zero attached hydrogens (tertiary/aromatic N) is 3. The van der Waals surface area contributed by atoms with Crippen molar-refractivity contribution in [2.45, 2.75) is 13.0 Å². The highest BCUT2D eigenvalue weighted by atomic mass is 16.6. The van der Waals surface area contributed by atoms with E-state index in [1.54, 1.807) is 42.5 Å². The molecule has 0 radical (unpaired) electrons. The molecule has 126 valence electrons. The minimum Gasteiger partial charge on any atom is -0.488 e. The van der Waals surface area contributed by atoms with E-state index >= 15 is 0 Å². The first kappa shape index (κ1) is 17.6.